The van der Waals surface area contributed by atoms with Crippen molar-refractivity contribution in [2.75, 3.05) is 0 Å². The maximum atomic E-state index is 10.8. The predicted molar refractivity (Wildman–Crippen MR) is 207 cm³/mol. The number of furan rings is 1. The molecule has 0 aliphatic heterocycles. The molecule has 3 aromatic heterocycles. The third-order valence-corrected chi connectivity index (χ3v) is 10.2. The van der Waals surface area contributed by atoms with Gasteiger partial charge in [-0.15, -0.1) is 0 Å². The number of nitriles is 4. The number of fused-ring (bicyclic) bond motifs is 9. The number of benzene rings is 7. The van der Waals surface area contributed by atoms with Crippen LogP contribution in [0.15, 0.2) is 138 Å². The van der Waals surface area contributed by atoms with Gasteiger partial charge in [0.05, 0.1) is 62.1 Å². The fourth-order valence-corrected chi connectivity index (χ4v) is 8.06. The molecular weight excluding hydrogens is 653 g/mol. The first-order chi connectivity index (χ1) is 26.1. The zero-order chi connectivity index (χ0) is 35.8. The molecule has 242 valence electrons. The molecule has 0 spiro atoms. The highest BCUT2D eigenvalue weighted by molar-refractivity contribution is 6.17. The van der Waals surface area contributed by atoms with Gasteiger partial charge < -0.3 is 13.6 Å². The Morgan fingerprint density at radius 1 is 0.434 bits per heavy atom. The molecule has 0 unspecified atom stereocenters. The average Bonchev–Trinajstić information content (AvgIpc) is 3.86. The molecule has 0 radical (unpaired) electrons. The first-order valence-corrected chi connectivity index (χ1v) is 16.9. The molecule has 7 aromatic carbocycles. The van der Waals surface area contributed by atoms with E-state index < -0.39 is 0 Å². The number of para-hydroxylation sites is 4. The van der Waals surface area contributed by atoms with Crippen molar-refractivity contribution in [1.29, 1.82) is 21.0 Å². The van der Waals surface area contributed by atoms with Gasteiger partial charge in [0.25, 0.3) is 0 Å². The van der Waals surface area contributed by atoms with E-state index in [0.717, 1.165) is 65.6 Å². The summed E-state index contributed by atoms with van der Waals surface area (Å²) in [5.74, 6) is 0. The number of hydrogen-bond donors (Lipinski definition) is 0. The fraction of sp³-hybridized carbons (Fsp3) is 0. The van der Waals surface area contributed by atoms with Gasteiger partial charge in [-0.05, 0) is 60.2 Å². The maximum absolute atomic E-state index is 10.8. The van der Waals surface area contributed by atoms with Crippen molar-refractivity contribution in [1.82, 2.24) is 9.13 Å². The Hall–Kier alpha value is -8.10. The monoisotopic (exact) mass is 674 g/mol. The predicted octanol–water partition coefficient (Wildman–Crippen LogP) is 10.9. The lowest BCUT2D eigenvalue weighted by molar-refractivity contribution is 0.669. The Bertz CT molecular complexity index is 3350. The second-order valence-electron chi connectivity index (χ2n) is 13.0. The largest absolute Gasteiger partial charge is 0.456 e. The van der Waals surface area contributed by atoms with Crippen LogP contribution in [0, 0.1) is 45.3 Å². The SMILES string of the molecule is N#Cc1cc(-c2c(C#N)cc(-n3c4ccccc4c4ccccc43)c(C#N)c2C#N)cc(-n2c3ccccc3c3cc4c(cc32)oc2ccccc24)c1. The highest BCUT2D eigenvalue weighted by atomic mass is 16.3. The first-order valence-electron chi connectivity index (χ1n) is 16.9. The quantitative estimate of drug-likeness (QED) is 0.185. The van der Waals surface area contributed by atoms with Crippen LogP contribution in [0.25, 0.3) is 88.1 Å². The molecule has 0 aliphatic rings. The van der Waals surface area contributed by atoms with Crippen LogP contribution in [0.1, 0.15) is 22.3 Å². The first kappa shape index (κ1) is 29.8. The summed E-state index contributed by atoms with van der Waals surface area (Å²) in [7, 11) is 0. The van der Waals surface area contributed by atoms with Crippen molar-refractivity contribution < 1.29 is 4.42 Å². The molecule has 0 saturated heterocycles. The van der Waals surface area contributed by atoms with Gasteiger partial charge in [0, 0.05) is 49.6 Å². The Labute approximate surface area is 301 Å². The third kappa shape index (κ3) is 4.17. The summed E-state index contributed by atoms with van der Waals surface area (Å²) >= 11 is 0. The standard InChI is InChI=1S/C46H22N6O/c47-23-27-17-28(19-30(18-27)51-39-13-5-3-11-33(39)35-21-36-34-12-4-8-16-44(34)53-45(36)22-43(35)51)46-29(24-48)20-42(37(25-49)38(46)26-50)52-40-14-6-1-9-31(40)32-10-2-7-15-41(32)52/h1-22H. The Balaban J connectivity index is 1.26. The zero-order valence-electron chi connectivity index (χ0n) is 27.8. The van der Waals surface area contributed by atoms with E-state index in [2.05, 4.69) is 47.0 Å². The topological polar surface area (TPSA) is 118 Å². The molecule has 7 nitrogen and oxygen atoms in total. The summed E-state index contributed by atoms with van der Waals surface area (Å²) in [6.07, 6.45) is 0. The smallest absolute Gasteiger partial charge is 0.137 e. The van der Waals surface area contributed by atoms with E-state index in [1.807, 2.05) is 102 Å². The number of rotatable bonds is 3. The normalized spacial score (nSPS) is 11.3. The highest BCUT2D eigenvalue weighted by Gasteiger charge is 2.25. The van der Waals surface area contributed by atoms with E-state index in [1.165, 1.54) is 0 Å². The van der Waals surface area contributed by atoms with Crippen LogP contribution in [-0.4, -0.2) is 9.13 Å². The van der Waals surface area contributed by atoms with Crippen molar-refractivity contribution in [2.45, 2.75) is 0 Å². The molecular formula is C46H22N6O. The molecule has 0 saturated carbocycles. The molecule has 0 atom stereocenters. The van der Waals surface area contributed by atoms with Crippen LogP contribution < -0.4 is 0 Å². The zero-order valence-corrected chi connectivity index (χ0v) is 27.8. The van der Waals surface area contributed by atoms with E-state index in [1.54, 1.807) is 18.2 Å². The molecule has 53 heavy (non-hydrogen) atoms. The summed E-state index contributed by atoms with van der Waals surface area (Å²) in [5.41, 5.74) is 7.67. The van der Waals surface area contributed by atoms with Crippen molar-refractivity contribution in [2.24, 2.45) is 0 Å². The minimum atomic E-state index is 0.0654. The second-order valence-corrected chi connectivity index (χ2v) is 13.0. The van der Waals surface area contributed by atoms with Gasteiger partial charge in [-0.25, -0.2) is 0 Å². The van der Waals surface area contributed by atoms with Gasteiger partial charge in [-0.3, -0.25) is 0 Å². The van der Waals surface area contributed by atoms with Crippen LogP contribution in [0.5, 0.6) is 0 Å². The van der Waals surface area contributed by atoms with Crippen LogP contribution >= 0.6 is 0 Å². The van der Waals surface area contributed by atoms with Crippen molar-refractivity contribution in [3.63, 3.8) is 0 Å². The van der Waals surface area contributed by atoms with Crippen molar-refractivity contribution in [3.05, 3.63) is 156 Å². The van der Waals surface area contributed by atoms with Gasteiger partial charge in [0.1, 0.15) is 23.3 Å². The van der Waals surface area contributed by atoms with Crippen molar-refractivity contribution in [3.8, 4) is 46.8 Å². The molecule has 3 heterocycles. The molecule has 0 N–H and O–H groups in total. The second kappa shape index (κ2) is 11.2. The lowest BCUT2D eigenvalue weighted by Gasteiger charge is -2.17. The number of aromatic nitrogens is 2. The molecule has 0 bridgehead atoms. The van der Waals surface area contributed by atoms with E-state index in [4.69, 9.17) is 4.42 Å². The third-order valence-electron chi connectivity index (χ3n) is 10.2. The minimum Gasteiger partial charge on any atom is -0.456 e. The van der Waals surface area contributed by atoms with Crippen LogP contribution in [0.3, 0.4) is 0 Å². The van der Waals surface area contributed by atoms with Gasteiger partial charge in [0.15, 0.2) is 0 Å². The van der Waals surface area contributed by atoms with Crippen LogP contribution in [0.2, 0.25) is 0 Å². The van der Waals surface area contributed by atoms with Gasteiger partial charge in [-0.2, -0.15) is 21.0 Å². The van der Waals surface area contributed by atoms with Crippen LogP contribution in [0.4, 0.5) is 0 Å². The summed E-state index contributed by atoms with van der Waals surface area (Å²) in [5, 5.41) is 48.6. The average molecular weight is 675 g/mol. The van der Waals surface area contributed by atoms with E-state index in [0.29, 0.717) is 28.1 Å². The summed E-state index contributed by atoms with van der Waals surface area (Å²) in [6.45, 7) is 0. The molecule has 0 aliphatic carbocycles. The molecule has 7 heteroatoms. The van der Waals surface area contributed by atoms with Crippen LogP contribution in [-0.2, 0) is 0 Å². The summed E-state index contributed by atoms with van der Waals surface area (Å²) in [6, 6.07) is 52.2. The Morgan fingerprint density at radius 3 is 1.68 bits per heavy atom. The lowest BCUT2D eigenvalue weighted by atomic mass is 9.89. The van der Waals surface area contributed by atoms with E-state index >= 15 is 0 Å². The summed E-state index contributed by atoms with van der Waals surface area (Å²) < 4.78 is 10.3. The maximum Gasteiger partial charge on any atom is 0.137 e. The van der Waals surface area contributed by atoms with Gasteiger partial charge in [-0.1, -0.05) is 72.8 Å². The summed E-state index contributed by atoms with van der Waals surface area (Å²) in [4.78, 5) is 0. The highest BCUT2D eigenvalue weighted by Crippen LogP contribution is 2.41. The molecule has 10 rings (SSSR count). The number of hydrogen-bond acceptors (Lipinski definition) is 5. The molecule has 0 amide bonds. The minimum absolute atomic E-state index is 0.0654. The van der Waals surface area contributed by atoms with E-state index in [-0.39, 0.29) is 16.7 Å². The van der Waals surface area contributed by atoms with Crippen molar-refractivity contribution >= 4 is 65.6 Å². The molecule has 0 fully saturated rings. The molecule has 10 aromatic rings. The van der Waals surface area contributed by atoms with E-state index in [9.17, 15) is 21.0 Å². The Morgan fingerprint density at radius 2 is 1.04 bits per heavy atom. The van der Waals surface area contributed by atoms with Gasteiger partial charge >= 0.3 is 0 Å². The Kier molecular flexibility index (Phi) is 6.30. The number of nitrogens with zero attached hydrogens (tertiary/aromatic N) is 6. The lowest BCUT2D eigenvalue weighted by Crippen LogP contribution is -2.04. The fourth-order valence-electron chi connectivity index (χ4n) is 8.06. The van der Waals surface area contributed by atoms with Gasteiger partial charge in [0.2, 0.25) is 0 Å².